The number of aliphatic hydroxyl groups excluding tert-OH is 1. The molecule has 7 heteroatoms. The van der Waals surface area contributed by atoms with Crippen LogP contribution in [0.15, 0.2) is 29.3 Å². The summed E-state index contributed by atoms with van der Waals surface area (Å²) in [7, 11) is 0. The van der Waals surface area contributed by atoms with Crippen molar-refractivity contribution in [2.75, 3.05) is 63.9 Å². The van der Waals surface area contributed by atoms with Gasteiger partial charge in [0.05, 0.1) is 6.54 Å². The van der Waals surface area contributed by atoms with Crippen LogP contribution in [0.4, 0.5) is 5.69 Å². The molecule has 4 rings (SSSR count). The van der Waals surface area contributed by atoms with E-state index in [1.165, 1.54) is 56.6 Å². The van der Waals surface area contributed by atoms with Gasteiger partial charge in [-0.25, -0.2) is 4.99 Å². The lowest BCUT2D eigenvalue weighted by atomic mass is 9.97. The fourth-order valence-electron chi connectivity index (χ4n) is 5.46. The summed E-state index contributed by atoms with van der Waals surface area (Å²) in [5, 5.41) is 12.9. The van der Waals surface area contributed by atoms with Crippen LogP contribution in [0.1, 0.15) is 51.0 Å². The third kappa shape index (κ3) is 7.72. The van der Waals surface area contributed by atoms with Gasteiger partial charge in [0.25, 0.3) is 0 Å². The minimum Gasteiger partial charge on any atom is -0.396 e. The highest BCUT2D eigenvalue weighted by atomic mass is 127. The fraction of sp³-hybridized carbons (Fsp3) is 0.731. The van der Waals surface area contributed by atoms with Gasteiger partial charge in [-0.05, 0) is 81.6 Å². The highest BCUT2D eigenvalue weighted by Crippen LogP contribution is 2.24. The molecule has 3 heterocycles. The summed E-state index contributed by atoms with van der Waals surface area (Å²) >= 11 is 0. The van der Waals surface area contributed by atoms with Crippen LogP contribution in [-0.4, -0.2) is 79.8 Å². The summed E-state index contributed by atoms with van der Waals surface area (Å²) in [5.74, 6) is 2.32. The van der Waals surface area contributed by atoms with Gasteiger partial charge in [-0.1, -0.05) is 18.6 Å². The second-order valence-electron chi connectivity index (χ2n) is 9.91. The van der Waals surface area contributed by atoms with E-state index in [1.54, 1.807) is 0 Å². The van der Waals surface area contributed by atoms with Gasteiger partial charge in [-0.15, -0.1) is 24.0 Å². The van der Waals surface area contributed by atoms with E-state index in [2.05, 4.69) is 51.2 Å². The van der Waals surface area contributed by atoms with Gasteiger partial charge in [-0.2, -0.15) is 0 Å². The molecule has 0 spiro atoms. The summed E-state index contributed by atoms with van der Waals surface area (Å²) in [4.78, 5) is 12.6. The van der Waals surface area contributed by atoms with Gasteiger partial charge < -0.3 is 25.1 Å². The Morgan fingerprint density at radius 2 is 1.67 bits per heavy atom. The van der Waals surface area contributed by atoms with E-state index in [0.29, 0.717) is 12.5 Å². The maximum Gasteiger partial charge on any atom is 0.194 e. The molecule has 3 aliphatic heterocycles. The lowest BCUT2D eigenvalue weighted by molar-refractivity contribution is 0.198. The Kier molecular flexibility index (Phi) is 11.0. The monoisotopic (exact) mass is 569 g/mol. The average Bonchev–Trinajstić information content (AvgIpc) is 3.31. The molecule has 3 aliphatic rings. The molecule has 2 N–H and O–H groups in total. The molecule has 1 atom stereocenters. The van der Waals surface area contributed by atoms with Crippen molar-refractivity contribution >= 4 is 35.6 Å². The van der Waals surface area contributed by atoms with Crippen LogP contribution in [0.2, 0.25) is 0 Å². The van der Waals surface area contributed by atoms with Gasteiger partial charge in [0.1, 0.15) is 0 Å². The number of hydrogen-bond donors (Lipinski definition) is 2. The van der Waals surface area contributed by atoms with E-state index in [4.69, 9.17) is 4.99 Å². The molecule has 0 radical (unpaired) electrons. The SMILES string of the molecule is CCNC(=NCc1ccc(N2CCC(CO)CC2)cc1)N1CCC(CN2CCCCC2)C1.I. The Bertz CT molecular complexity index is 714. The number of nitrogens with one attached hydrogen (secondary N) is 1. The third-order valence-electron chi connectivity index (χ3n) is 7.47. The van der Waals surface area contributed by atoms with Crippen LogP contribution < -0.4 is 10.2 Å². The highest BCUT2D eigenvalue weighted by molar-refractivity contribution is 14.0. The minimum atomic E-state index is 0. The molecule has 1 aromatic carbocycles. The Labute approximate surface area is 217 Å². The molecule has 0 aromatic heterocycles. The number of likely N-dealkylation sites (tertiary alicyclic amines) is 2. The molecular formula is C26H44IN5O. The van der Waals surface area contributed by atoms with Gasteiger partial charge in [0, 0.05) is 51.6 Å². The molecule has 33 heavy (non-hydrogen) atoms. The highest BCUT2D eigenvalue weighted by Gasteiger charge is 2.27. The molecule has 3 fully saturated rings. The molecule has 1 unspecified atom stereocenters. The Hall–Kier alpha value is -1.06. The maximum atomic E-state index is 9.35. The third-order valence-corrected chi connectivity index (χ3v) is 7.47. The van der Waals surface area contributed by atoms with Crippen molar-refractivity contribution in [2.45, 2.75) is 52.0 Å². The van der Waals surface area contributed by atoms with Gasteiger partial charge in [0.2, 0.25) is 0 Å². The number of guanidine groups is 1. The van der Waals surface area contributed by atoms with Crippen LogP contribution in [0.3, 0.4) is 0 Å². The van der Waals surface area contributed by atoms with Crippen molar-refractivity contribution < 1.29 is 5.11 Å². The van der Waals surface area contributed by atoms with Crippen molar-refractivity contribution in [2.24, 2.45) is 16.8 Å². The molecule has 0 bridgehead atoms. The summed E-state index contributed by atoms with van der Waals surface area (Å²) in [6.45, 7) is 12.3. The van der Waals surface area contributed by atoms with Crippen molar-refractivity contribution in [3.63, 3.8) is 0 Å². The Morgan fingerprint density at radius 3 is 2.33 bits per heavy atom. The first kappa shape index (κ1) is 26.5. The topological polar surface area (TPSA) is 54.3 Å². The quantitative estimate of drug-likeness (QED) is 0.298. The van der Waals surface area contributed by atoms with Crippen LogP contribution in [-0.2, 0) is 6.54 Å². The maximum absolute atomic E-state index is 9.35. The number of piperidine rings is 2. The predicted octanol–water partition coefficient (Wildman–Crippen LogP) is 3.79. The first-order chi connectivity index (χ1) is 15.7. The van der Waals surface area contributed by atoms with E-state index >= 15 is 0 Å². The van der Waals surface area contributed by atoms with Crippen LogP contribution >= 0.6 is 24.0 Å². The largest absolute Gasteiger partial charge is 0.396 e. The van der Waals surface area contributed by atoms with Crippen molar-refractivity contribution in [3.8, 4) is 0 Å². The number of rotatable bonds is 7. The average molecular weight is 570 g/mol. The summed E-state index contributed by atoms with van der Waals surface area (Å²) in [6, 6.07) is 8.93. The predicted molar refractivity (Wildman–Crippen MR) is 149 cm³/mol. The van der Waals surface area contributed by atoms with Crippen LogP contribution in [0, 0.1) is 11.8 Å². The Morgan fingerprint density at radius 1 is 0.970 bits per heavy atom. The lowest BCUT2D eigenvalue weighted by Gasteiger charge is -2.32. The summed E-state index contributed by atoms with van der Waals surface area (Å²) < 4.78 is 0. The molecule has 1 aromatic rings. The van der Waals surface area contributed by atoms with Crippen LogP contribution in [0.5, 0.6) is 0 Å². The fourth-order valence-corrected chi connectivity index (χ4v) is 5.46. The smallest absolute Gasteiger partial charge is 0.194 e. The van der Waals surface area contributed by atoms with Gasteiger partial charge >= 0.3 is 0 Å². The van der Waals surface area contributed by atoms with Gasteiger partial charge in [0.15, 0.2) is 5.96 Å². The van der Waals surface area contributed by atoms with E-state index in [1.807, 2.05) is 0 Å². The first-order valence-electron chi connectivity index (χ1n) is 13.0. The lowest BCUT2D eigenvalue weighted by Crippen LogP contribution is -2.41. The summed E-state index contributed by atoms with van der Waals surface area (Å²) in [6.07, 6.45) is 7.61. The first-order valence-corrected chi connectivity index (χ1v) is 13.0. The molecule has 0 saturated carbocycles. The normalized spacial score (nSPS) is 23.0. The number of aliphatic imine (C=N–C) groups is 1. The number of halogens is 1. The minimum absolute atomic E-state index is 0. The standard InChI is InChI=1S/C26H43N5O.HI/c1-2-27-26(31-17-12-24(20-31)19-29-13-4-3-5-14-29)28-18-22-6-8-25(9-7-22)30-15-10-23(21-32)11-16-30;/h6-9,23-24,32H,2-5,10-21H2,1H3,(H,27,28);1H. The van der Waals surface area contributed by atoms with Crippen molar-refractivity contribution in [3.05, 3.63) is 29.8 Å². The number of hydrogen-bond acceptors (Lipinski definition) is 4. The number of benzene rings is 1. The molecule has 186 valence electrons. The molecular weight excluding hydrogens is 525 g/mol. The van der Waals surface area contributed by atoms with E-state index in [9.17, 15) is 5.11 Å². The van der Waals surface area contributed by atoms with Crippen molar-refractivity contribution in [1.82, 2.24) is 15.1 Å². The second kappa shape index (κ2) is 13.7. The zero-order valence-corrected chi connectivity index (χ0v) is 22.8. The van der Waals surface area contributed by atoms with E-state index in [0.717, 1.165) is 64.0 Å². The molecule has 0 amide bonds. The van der Waals surface area contributed by atoms with Crippen LogP contribution in [0.25, 0.3) is 0 Å². The van der Waals surface area contributed by atoms with E-state index in [-0.39, 0.29) is 24.0 Å². The number of nitrogens with zero attached hydrogens (tertiary/aromatic N) is 4. The van der Waals surface area contributed by atoms with E-state index < -0.39 is 0 Å². The molecule has 6 nitrogen and oxygen atoms in total. The molecule has 3 saturated heterocycles. The number of anilines is 1. The summed E-state index contributed by atoms with van der Waals surface area (Å²) in [5.41, 5.74) is 2.56. The van der Waals surface area contributed by atoms with Crippen molar-refractivity contribution in [1.29, 1.82) is 0 Å². The molecule has 0 aliphatic carbocycles. The Balaban J connectivity index is 0.00000306. The zero-order chi connectivity index (χ0) is 22.2. The zero-order valence-electron chi connectivity index (χ0n) is 20.4. The second-order valence-corrected chi connectivity index (χ2v) is 9.91. The number of aliphatic hydroxyl groups is 1. The van der Waals surface area contributed by atoms with Gasteiger partial charge in [-0.3, -0.25) is 0 Å².